The number of anilines is 3. The topological polar surface area (TPSA) is 86.2 Å². The number of rotatable bonds is 5. The zero-order chi connectivity index (χ0) is 21.4. The number of morpholine rings is 1. The van der Waals surface area contributed by atoms with Crippen molar-refractivity contribution in [3.63, 3.8) is 0 Å². The number of aromatic nitrogens is 1. The minimum atomic E-state index is -1.03. The summed E-state index contributed by atoms with van der Waals surface area (Å²) in [7, 11) is 0. The predicted molar refractivity (Wildman–Crippen MR) is 120 cm³/mol. The maximum absolute atomic E-state index is 13.2. The van der Waals surface area contributed by atoms with E-state index in [-0.39, 0.29) is 17.2 Å². The second-order valence-corrected chi connectivity index (χ2v) is 9.10. The molecule has 4 heterocycles. The lowest BCUT2D eigenvalue weighted by atomic mass is 10.1. The molecular weight excluding hydrogens is 416 g/mol. The van der Waals surface area contributed by atoms with Gasteiger partial charge < -0.3 is 24.5 Å². The molecule has 1 N–H and O–H groups in total. The molecule has 0 unspecified atom stereocenters. The lowest BCUT2D eigenvalue weighted by Crippen LogP contribution is -2.36. The first-order valence-electron chi connectivity index (χ1n) is 10.8. The Hall–Kier alpha value is -2.65. The van der Waals surface area contributed by atoms with Crippen LogP contribution in [0.1, 0.15) is 33.8 Å². The summed E-state index contributed by atoms with van der Waals surface area (Å²) >= 11 is 1.15. The van der Waals surface area contributed by atoms with Gasteiger partial charge >= 0.3 is 5.97 Å². The maximum Gasteiger partial charge on any atom is 0.347 e. The van der Waals surface area contributed by atoms with Crippen LogP contribution in [0.5, 0.6) is 0 Å². The molecule has 1 aromatic heterocycles. The van der Waals surface area contributed by atoms with Gasteiger partial charge in [-0.25, -0.2) is 9.78 Å². The molecule has 2 saturated heterocycles. The van der Waals surface area contributed by atoms with Crippen LogP contribution in [0, 0.1) is 0 Å². The van der Waals surface area contributed by atoms with Gasteiger partial charge in [0.1, 0.15) is 4.88 Å². The van der Waals surface area contributed by atoms with E-state index in [0.717, 1.165) is 36.5 Å². The number of fused-ring (bicyclic) bond motifs is 1. The fourth-order valence-electron chi connectivity index (χ4n) is 4.68. The second kappa shape index (κ2) is 8.47. The lowest BCUT2D eigenvalue weighted by Gasteiger charge is -2.26. The van der Waals surface area contributed by atoms with E-state index in [1.807, 2.05) is 17.0 Å². The maximum atomic E-state index is 13.2. The number of carboxylic acids is 1. The van der Waals surface area contributed by atoms with E-state index >= 15 is 0 Å². The van der Waals surface area contributed by atoms with Crippen LogP contribution in [0.15, 0.2) is 18.2 Å². The molecule has 1 amide bonds. The van der Waals surface area contributed by atoms with Crippen molar-refractivity contribution in [2.75, 3.05) is 60.6 Å². The average Bonchev–Trinajstić information content (AvgIpc) is 3.53. The van der Waals surface area contributed by atoms with Gasteiger partial charge in [-0.1, -0.05) is 17.4 Å². The molecule has 8 nitrogen and oxygen atoms in total. The molecule has 2 fully saturated rings. The highest BCUT2D eigenvalue weighted by Crippen LogP contribution is 2.37. The zero-order valence-corrected chi connectivity index (χ0v) is 18.2. The number of ether oxygens (including phenoxy) is 1. The van der Waals surface area contributed by atoms with Crippen LogP contribution in [0.2, 0.25) is 0 Å². The van der Waals surface area contributed by atoms with Crippen molar-refractivity contribution in [2.24, 2.45) is 0 Å². The summed E-state index contributed by atoms with van der Waals surface area (Å²) in [6, 6.07) is 6.16. The van der Waals surface area contributed by atoms with Gasteiger partial charge in [-0.2, -0.15) is 0 Å². The van der Waals surface area contributed by atoms with Crippen LogP contribution in [0.25, 0.3) is 0 Å². The number of benzene rings is 1. The van der Waals surface area contributed by atoms with E-state index in [1.54, 1.807) is 4.90 Å². The Balaban J connectivity index is 1.37. The average molecular weight is 443 g/mol. The fourth-order valence-corrected chi connectivity index (χ4v) is 5.66. The summed E-state index contributed by atoms with van der Waals surface area (Å²) in [4.78, 5) is 36.0. The van der Waals surface area contributed by atoms with Crippen LogP contribution in [0.4, 0.5) is 16.5 Å². The number of hydrogen-bond acceptors (Lipinski definition) is 7. The van der Waals surface area contributed by atoms with E-state index in [9.17, 15) is 14.7 Å². The fraction of sp³-hybridized carbons (Fsp3) is 0.500. The Morgan fingerprint density at radius 3 is 2.52 bits per heavy atom. The van der Waals surface area contributed by atoms with E-state index < -0.39 is 5.97 Å². The lowest BCUT2D eigenvalue weighted by molar-refractivity contribution is -0.117. The van der Waals surface area contributed by atoms with Crippen LogP contribution in [-0.2, 0) is 22.4 Å². The molecule has 0 spiro atoms. The highest BCUT2D eigenvalue weighted by molar-refractivity contribution is 7.17. The molecule has 5 rings (SSSR count). The number of carbonyl (C=O) groups is 2. The third-order valence-corrected chi connectivity index (χ3v) is 7.38. The SMILES string of the molecule is O=C(O)c1sc(N2CCOCC2)nc1CC(=O)N1CCc2c(N3CCCC3)cccc21. The molecule has 9 heteroatoms. The Kier molecular flexibility index (Phi) is 5.54. The summed E-state index contributed by atoms with van der Waals surface area (Å²) in [5.74, 6) is -1.13. The largest absolute Gasteiger partial charge is 0.477 e. The Labute approximate surface area is 185 Å². The summed E-state index contributed by atoms with van der Waals surface area (Å²) in [6.07, 6.45) is 3.24. The molecule has 0 atom stereocenters. The third-order valence-electron chi connectivity index (χ3n) is 6.23. The number of amides is 1. The smallest absolute Gasteiger partial charge is 0.347 e. The predicted octanol–water partition coefficient (Wildman–Crippen LogP) is 2.41. The number of thiazole rings is 1. The van der Waals surface area contributed by atoms with Crippen LogP contribution in [-0.4, -0.2) is 67.9 Å². The molecule has 1 aromatic carbocycles. The minimum Gasteiger partial charge on any atom is -0.477 e. The quantitative estimate of drug-likeness (QED) is 0.761. The molecule has 0 saturated carbocycles. The first-order valence-corrected chi connectivity index (χ1v) is 11.7. The van der Waals surface area contributed by atoms with Gasteiger partial charge in [0.05, 0.1) is 25.3 Å². The van der Waals surface area contributed by atoms with Crippen LogP contribution < -0.4 is 14.7 Å². The number of hydrogen-bond donors (Lipinski definition) is 1. The van der Waals surface area contributed by atoms with Crippen LogP contribution in [0.3, 0.4) is 0 Å². The molecule has 0 aliphatic carbocycles. The number of nitrogens with zero attached hydrogens (tertiary/aromatic N) is 4. The van der Waals surface area contributed by atoms with Gasteiger partial charge in [0.2, 0.25) is 5.91 Å². The van der Waals surface area contributed by atoms with E-state index in [4.69, 9.17) is 4.74 Å². The van der Waals surface area contributed by atoms with Crippen molar-refractivity contribution in [2.45, 2.75) is 25.7 Å². The number of carboxylic acid groups (broad SMARTS) is 1. The van der Waals surface area contributed by atoms with Crippen molar-refractivity contribution >= 4 is 39.7 Å². The third kappa shape index (κ3) is 3.87. The Bertz CT molecular complexity index is 995. The molecule has 31 heavy (non-hydrogen) atoms. The Morgan fingerprint density at radius 1 is 1.03 bits per heavy atom. The van der Waals surface area contributed by atoms with Gasteiger partial charge in [-0.15, -0.1) is 0 Å². The first kappa shape index (κ1) is 20.3. The molecule has 2 aromatic rings. The Morgan fingerprint density at radius 2 is 1.77 bits per heavy atom. The van der Waals surface area contributed by atoms with Crippen molar-refractivity contribution < 1.29 is 19.4 Å². The summed E-state index contributed by atoms with van der Waals surface area (Å²) in [6.45, 7) is 5.31. The van der Waals surface area contributed by atoms with Gasteiger partial charge in [-0.3, -0.25) is 4.79 Å². The van der Waals surface area contributed by atoms with Crippen molar-refractivity contribution in [1.82, 2.24) is 4.98 Å². The van der Waals surface area contributed by atoms with Gasteiger partial charge in [0.25, 0.3) is 0 Å². The van der Waals surface area contributed by atoms with E-state index in [0.29, 0.717) is 43.7 Å². The molecule has 3 aliphatic heterocycles. The van der Waals surface area contributed by atoms with Crippen molar-refractivity contribution in [1.29, 1.82) is 0 Å². The summed E-state index contributed by atoms with van der Waals surface area (Å²) in [5, 5.41) is 10.3. The van der Waals surface area contributed by atoms with Gasteiger partial charge in [-0.05, 0) is 31.4 Å². The molecule has 0 bridgehead atoms. The summed E-state index contributed by atoms with van der Waals surface area (Å²) in [5.41, 5.74) is 3.77. The monoisotopic (exact) mass is 442 g/mol. The van der Waals surface area contributed by atoms with Gasteiger partial charge in [0, 0.05) is 49.7 Å². The molecule has 164 valence electrons. The standard InChI is InChI=1S/C22H26N4O4S/c27-19(14-16-20(21(28)29)31-22(23-16)25-10-12-30-13-11-25)26-9-6-15-17(4-3-5-18(15)26)24-7-1-2-8-24/h3-5H,1-2,6-14H2,(H,28,29). The second-order valence-electron chi connectivity index (χ2n) is 8.12. The zero-order valence-electron chi connectivity index (χ0n) is 17.4. The number of carbonyl (C=O) groups excluding carboxylic acids is 1. The highest BCUT2D eigenvalue weighted by atomic mass is 32.1. The molecule has 3 aliphatic rings. The molecule has 0 radical (unpaired) electrons. The number of aromatic carboxylic acids is 1. The molecular formula is C22H26N4O4S. The van der Waals surface area contributed by atoms with Gasteiger partial charge in [0.15, 0.2) is 5.13 Å². The first-order chi connectivity index (χ1) is 15.1. The van der Waals surface area contributed by atoms with E-state index in [1.165, 1.54) is 24.1 Å². The van der Waals surface area contributed by atoms with Crippen molar-refractivity contribution in [3.05, 3.63) is 34.3 Å². The van der Waals surface area contributed by atoms with E-state index in [2.05, 4.69) is 16.0 Å². The van der Waals surface area contributed by atoms with Crippen molar-refractivity contribution in [3.8, 4) is 0 Å². The normalized spacial score (nSPS) is 18.5. The highest BCUT2D eigenvalue weighted by Gasteiger charge is 2.31. The minimum absolute atomic E-state index is 0.00411. The summed E-state index contributed by atoms with van der Waals surface area (Å²) < 4.78 is 5.37. The van der Waals surface area contributed by atoms with Crippen LogP contribution >= 0.6 is 11.3 Å².